The van der Waals surface area contributed by atoms with Crippen LogP contribution in [-0.4, -0.2) is 28.4 Å². The van der Waals surface area contributed by atoms with E-state index in [1.165, 1.54) is 0 Å². The molecule has 0 heterocycles. The first-order chi connectivity index (χ1) is 10.7. The second kappa shape index (κ2) is 7.28. The number of ether oxygens (including phenoxy) is 4. The van der Waals surface area contributed by atoms with Crippen LogP contribution in [0.4, 0.5) is 0 Å². The Morgan fingerprint density at radius 2 is 1.18 bits per heavy atom. The van der Waals surface area contributed by atoms with E-state index in [0.717, 1.165) is 11.1 Å². The summed E-state index contributed by atoms with van der Waals surface area (Å²) < 4.78 is 20.9. The van der Waals surface area contributed by atoms with Gasteiger partial charge in [0.15, 0.2) is 11.5 Å². The van der Waals surface area contributed by atoms with Crippen molar-refractivity contribution < 1.29 is 18.9 Å². The van der Waals surface area contributed by atoms with Crippen molar-refractivity contribution in [2.75, 3.05) is 28.4 Å². The maximum absolute atomic E-state index is 5.27. The van der Waals surface area contributed by atoms with E-state index in [0.29, 0.717) is 23.0 Å². The maximum atomic E-state index is 5.27. The largest absolute Gasteiger partial charge is 0.497 e. The van der Waals surface area contributed by atoms with Crippen LogP contribution in [0, 0.1) is 11.8 Å². The Morgan fingerprint density at radius 1 is 0.591 bits per heavy atom. The highest BCUT2D eigenvalue weighted by Crippen LogP contribution is 2.27. The van der Waals surface area contributed by atoms with Crippen molar-refractivity contribution in [1.29, 1.82) is 0 Å². The molecule has 22 heavy (non-hydrogen) atoms. The van der Waals surface area contributed by atoms with Gasteiger partial charge in [0.2, 0.25) is 0 Å². The Hall–Kier alpha value is -2.80. The Balaban J connectivity index is 2.34. The minimum atomic E-state index is 0.650. The SMILES string of the molecule is COc1cc(C#Cc2ccc(OC)c(OC)c2)cc(OC)c1. The van der Waals surface area contributed by atoms with E-state index in [1.807, 2.05) is 36.4 Å². The summed E-state index contributed by atoms with van der Waals surface area (Å²) in [7, 11) is 6.42. The topological polar surface area (TPSA) is 36.9 Å². The highest BCUT2D eigenvalue weighted by Gasteiger charge is 2.03. The molecule has 114 valence electrons. The number of hydrogen-bond acceptors (Lipinski definition) is 4. The third-order valence-electron chi connectivity index (χ3n) is 3.09. The lowest BCUT2D eigenvalue weighted by Gasteiger charge is -2.07. The molecule has 2 aromatic rings. The van der Waals surface area contributed by atoms with Crippen LogP contribution < -0.4 is 18.9 Å². The molecule has 0 amide bonds. The molecule has 2 rings (SSSR count). The molecule has 0 aliphatic carbocycles. The molecule has 4 nitrogen and oxygen atoms in total. The third-order valence-corrected chi connectivity index (χ3v) is 3.09. The van der Waals surface area contributed by atoms with Crippen LogP contribution in [0.5, 0.6) is 23.0 Å². The van der Waals surface area contributed by atoms with Crippen molar-refractivity contribution in [2.45, 2.75) is 0 Å². The van der Waals surface area contributed by atoms with Crippen molar-refractivity contribution in [3.05, 3.63) is 47.5 Å². The smallest absolute Gasteiger partial charge is 0.161 e. The summed E-state index contributed by atoms with van der Waals surface area (Å²) in [5.74, 6) is 8.92. The Bertz CT molecular complexity index is 689. The average Bonchev–Trinajstić information content (AvgIpc) is 2.59. The van der Waals surface area contributed by atoms with Crippen molar-refractivity contribution in [3.8, 4) is 34.8 Å². The molecule has 0 fully saturated rings. The monoisotopic (exact) mass is 298 g/mol. The second-order valence-electron chi connectivity index (χ2n) is 4.42. The molecule has 0 bridgehead atoms. The van der Waals surface area contributed by atoms with Gasteiger partial charge in [0, 0.05) is 17.2 Å². The van der Waals surface area contributed by atoms with Crippen LogP contribution in [0.25, 0.3) is 0 Å². The number of rotatable bonds is 4. The van der Waals surface area contributed by atoms with Gasteiger partial charge in [-0.15, -0.1) is 0 Å². The molecule has 0 aliphatic rings. The molecule has 0 unspecified atom stereocenters. The van der Waals surface area contributed by atoms with Crippen molar-refractivity contribution in [2.24, 2.45) is 0 Å². The predicted octanol–water partition coefficient (Wildman–Crippen LogP) is 3.12. The number of methoxy groups -OCH3 is 4. The lowest BCUT2D eigenvalue weighted by atomic mass is 10.1. The maximum Gasteiger partial charge on any atom is 0.161 e. The Morgan fingerprint density at radius 3 is 1.73 bits per heavy atom. The first kappa shape index (κ1) is 15.6. The van der Waals surface area contributed by atoms with Gasteiger partial charge in [0.1, 0.15) is 11.5 Å². The van der Waals surface area contributed by atoms with Gasteiger partial charge in [-0.05, 0) is 30.3 Å². The van der Waals surface area contributed by atoms with Crippen LogP contribution in [0.15, 0.2) is 36.4 Å². The van der Waals surface area contributed by atoms with Gasteiger partial charge in [0.05, 0.1) is 28.4 Å². The molecule has 0 spiro atoms. The van der Waals surface area contributed by atoms with E-state index >= 15 is 0 Å². The van der Waals surface area contributed by atoms with E-state index in [9.17, 15) is 0 Å². The van der Waals surface area contributed by atoms with Crippen LogP contribution in [0.1, 0.15) is 11.1 Å². The van der Waals surface area contributed by atoms with Crippen molar-refractivity contribution in [3.63, 3.8) is 0 Å². The summed E-state index contributed by atoms with van der Waals surface area (Å²) in [5.41, 5.74) is 1.64. The van der Waals surface area contributed by atoms with Gasteiger partial charge >= 0.3 is 0 Å². The zero-order valence-corrected chi connectivity index (χ0v) is 13.1. The van der Waals surface area contributed by atoms with Crippen molar-refractivity contribution in [1.82, 2.24) is 0 Å². The van der Waals surface area contributed by atoms with Crippen LogP contribution >= 0.6 is 0 Å². The second-order valence-corrected chi connectivity index (χ2v) is 4.42. The lowest BCUT2D eigenvalue weighted by molar-refractivity contribution is 0.355. The van der Waals surface area contributed by atoms with Gasteiger partial charge in [-0.2, -0.15) is 0 Å². The lowest BCUT2D eigenvalue weighted by Crippen LogP contribution is -1.91. The van der Waals surface area contributed by atoms with Crippen LogP contribution in [0.2, 0.25) is 0 Å². The van der Waals surface area contributed by atoms with Gasteiger partial charge in [-0.3, -0.25) is 0 Å². The molecular weight excluding hydrogens is 280 g/mol. The zero-order chi connectivity index (χ0) is 15.9. The molecule has 0 aromatic heterocycles. The minimum absolute atomic E-state index is 0.650. The Labute approximate surface area is 130 Å². The number of hydrogen-bond donors (Lipinski definition) is 0. The van der Waals surface area contributed by atoms with E-state index in [4.69, 9.17) is 18.9 Å². The molecule has 0 aliphatic heterocycles. The van der Waals surface area contributed by atoms with Gasteiger partial charge in [0.25, 0.3) is 0 Å². The Kier molecular flexibility index (Phi) is 5.16. The molecule has 0 saturated heterocycles. The standard InChI is InChI=1S/C18H18O4/c1-19-15-9-14(10-16(12-15)20-2)6-5-13-7-8-17(21-3)18(11-13)22-4/h7-12H,1-4H3. The molecule has 0 radical (unpaired) electrons. The molecule has 0 N–H and O–H groups in total. The van der Waals surface area contributed by atoms with E-state index in [2.05, 4.69) is 11.8 Å². The minimum Gasteiger partial charge on any atom is -0.497 e. The molecular formula is C18H18O4. The van der Waals surface area contributed by atoms with Gasteiger partial charge < -0.3 is 18.9 Å². The van der Waals surface area contributed by atoms with E-state index in [1.54, 1.807) is 28.4 Å². The highest BCUT2D eigenvalue weighted by molar-refractivity contribution is 5.52. The highest BCUT2D eigenvalue weighted by atomic mass is 16.5. The molecule has 0 saturated carbocycles. The third kappa shape index (κ3) is 3.64. The van der Waals surface area contributed by atoms with Gasteiger partial charge in [-0.1, -0.05) is 11.8 Å². The van der Waals surface area contributed by atoms with Crippen LogP contribution in [0.3, 0.4) is 0 Å². The molecule has 0 atom stereocenters. The quantitative estimate of drug-likeness (QED) is 0.813. The molecule has 4 heteroatoms. The predicted molar refractivity (Wildman–Crippen MR) is 85.1 cm³/mol. The summed E-state index contributed by atoms with van der Waals surface area (Å²) in [6.45, 7) is 0. The molecule has 2 aromatic carbocycles. The van der Waals surface area contributed by atoms with Gasteiger partial charge in [-0.25, -0.2) is 0 Å². The number of benzene rings is 2. The normalized spacial score (nSPS) is 9.45. The fraction of sp³-hybridized carbons (Fsp3) is 0.222. The summed E-state index contributed by atoms with van der Waals surface area (Å²) in [5, 5.41) is 0. The van der Waals surface area contributed by atoms with E-state index in [-0.39, 0.29) is 0 Å². The fourth-order valence-corrected chi connectivity index (χ4v) is 1.94. The van der Waals surface area contributed by atoms with Crippen LogP contribution in [-0.2, 0) is 0 Å². The van der Waals surface area contributed by atoms with E-state index < -0.39 is 0 Å². The first-order valence-corrected chi connectivity index (χ1v) is 6.67. The summed E-state index contributed by atoms with van der Waals surface area (Å²) in [4.78, 5) is 0. The van der Waals surface area contributed by atoms with Crippen molar-refractivity contribution >= 4 is 0 Å². The average molecular weight is 298 g/mol. The summed E-state index contributed by atoms with van der Waals surface area (Å²) in [6.07, 6.45) is 0. The fourth-order valence-electron chi connectivity index (χ4n) is 1.94. The zero-order valence-electron chi connectivity index (χ0n) is 13.1. The summed E-state index contributed by atoms with van der Waals surface area (Å²) >= 11 is 0. The summed E-state index contributed by atoms with van der Waals surface area (Å²) in [6, 6.07) is 11.1. The first-order valence-electron chi connectivity index (χ1n) is 6.67.